The van der Waals surface area contributed by atoms with E-state index >= 15 is 0 Å². The normalized spacial score (nSPS) is 10.6. The van der Waals surface area contributed by atoms with Gasteiger partial charge in [-0.2, -0.15) is 0 Å². The summed E-state index contributed by atoms with van der Waals surface area (Å²) in [6.07, 6.45) is 0. The number of aromatic amines is 1. The maximum atomic E-state index is 13.4. The van der Waals surface area contributed by atoms with Crippen LogP contribution in [0.3, 0.4) is 0 Å². The minimum absolute atomic E-state index is 0.0334. The second-order valence-electron chi connectivity index (χ2n) is 6.07. The number of carbonyl (C=O) groups excluding carboxylic acids is 2. The molecule has 0 bridgehead atoms. The van der Waals surface area contributed by atoms with Gasteiger partial charge in [0.1, 0.15) is 11.4 Å². The maximum Gasteiger partial charge on any atom is 0.355 e. The Bertz CT molecular complexity index is 1060. The zero-order valence-corrected chi connectivity index (χ0v) is 16.5. The van der Waals surface area contributed by atoms with Crippen LogP contribution in [-0.2, 0) is 4.74 Å². The largest absolute Gasteiger partial charge is 0.502 e. The number of hydrogen-bond donors (Lipinski definition) is 2. The van der Waals surface area contributed by atoms with E-state index in [2.05, 4.69) is 4.98 Å². The van der Waals surface area contributed by atoms with Gasteiger partial charge < -0.3 is 29.0 Å². The lowest BCUT2D eigenvalue weighted by molar-refractivity contribution is 0.0517. The molecule has 29 heavy (non-hydrogen) atoms. The molecule has 152 valence electrons. The van der Waals surface area contributed by atoms with Crippen molar-refractivity contribution in [3.8, 4) is 23.0 Å². The van der Waals surface area contributed by atoms with Crippen molar-refractivity contribution >= 4 is 22.7 Å². The molecule has 2 aromatic carbocycles. The molecular formula is C21H21NO7. The summed E-state index contributed by atoms with van der Waals surface area (Å²) in [5, 5.41) is 10.6. The molecule has 0 atom stereocenters. The highest BCUT2D eigenvalue weighted by molar-refractivity contribution is 6.21. The maximum absolute atomic E-state index is 13.4. The minimum Gasteiger partial charge on any atom is -0.502 e. The molecule has 0 amide bonds. The first kappa shape index (κ1) is 20.1. The Balaban J connectivity index is 2.25. The number of H-pyrrole nitrogens is 1. The van der Waals surface area contributed by atoms with Crippen molar-refractivity contribution in [1.29, 1.82) is 0 Å². The molecule has 0 saturated carbocycles. The summed E-state index contributed by atoms with van der Waals surface area (Å²) in [4.78, 5) is 28.9. The SMILES string of the molecule is CCOC(=O)c1[nH]c2ccc(OC)cc2c1C(=O)c1cc(OC)c(O)c(OC)c1. The summed E-state index contributed by atoms with van der Waals surface area (Å²) in [7, 11) is 4.24. The molecule has 8 nitrogen and oxygen atoms in total. The van der Waals surface area contributed by atoms with Crippen molar-refractivity contribution in [3.05, 3.63) is 47.2 Å². The van der Waals surface area contributed by atoms with E-state index in [1.54, 1.807) is 25.1 Å². The van der Waals surface area contributed by atoms with Crippen LogP contribution in [0.2, 0.25) is 0 Å². The Labute approximate surface area is 167 Å². The summed E-state index contributed by atoms with van der Waals surface area (Å²) in [6, 6.07) is 7.86. The summed E-state index contributed by atoms with van der Waals surface area (Å²) in [5.41, 5.74) is 0.916. The standard InChI is InChI=1S/C21H21NO7/c1-5-29-21(25)18-17(13-10-12(26-2)6-7-14(13)22-18)19(23)11-8-15(27-3)20(24)16(9-11)28-4/h6-10,22,24H,5H2,1-4H3. The molecule has 0 unspecified atom stereocenters. The highest BCUT2D eigenvalue weighted by Gasteiger charge is 2.27. The summed E-state index contributed by atoms with van der Waals surface area (Å²) >= 11 is 0. The van der Waals surface area contributed by atoms with E-state index in [1.165, 1.54) is 33.5 Å². The highest BCUT2D eigenvalue weighted by atomic mass is 16.5. The predicted octanol–water partition coefficient (Wildman–Crippen LogP) is 3.31. The number of hydrogen-bond acceptors (Lipinski definition) is 7. The average Bonchev–Trinajstić information content (AvgIpc) is 3.12. The van der Waals surface area contributed by atoms with Crippen LogP contribution in [0.4, 0.5) is 0 Å². The Hall–Kier alpha value is -3.68. The number of ketones is 1. The molecule has 8 heteroatoms. The molecule has 2 N–H and O–H groups in total. The first-order valence-electron chi connectivity index (χ1n) is 8.81. The number of ether oxygens (including phenoxy) is 4. The van der Waals surface area contributed by atoms with Crippen LogP contribution in [0.1, 0.15) is 33.3 Å². The smallest absolute Gasteiger partial charge is 0.355 e. The Kier molecular flexibility index (Phi) is 5.63. The lowest BCUT2D eigenvalue weighted by Gasteiger charge is -2.11. The van der Waals surface area contributed by atoms with Crippen LogP contribution in [0, 0.1) is 0 Å². The van der Waals surface area contributed by atoms with Crippen molar-refractivity contribution in [2.75, 3.05) is 27.9 Å². The fourth-order valence-corrected chi connectivity index (χ4v) is 3.06. The quantitative estimate of drug-likeness (QED) is 0.464. The molecular weight excluding hydrogens is 378 g/mol. The minimum atomic E-state index is -0.649. The molecule has 1 heterocycles. The number of aromatic hydroxyl groups is 1. The number of methoxy groups -OCH3 is 3. The third-order valence-electron chi connectivity index (χ3n) is 4.45. The number of phenolic OH excluding ortho intramolecular Hbond substituents is 1. The van der Waals surface area contributed by atoms with Gasteiger partial charge in [-0.15, -0.1) is 0 Å². The number of phenols is 1. The number of esters is 1. The summed E-state index contributed by atoms with van der Waals surface area (Å²) < 4.78 is 20.6. The van der Waals surface area contributed by atoms with E-state index in [0.717, 1.165) is 0 Å². The van der Waals surface area contributed by atoms with E-state index < -0.39 is 11.8 Å². The molecule has 0 aliphatic carbocycles. The van der Waals surface area contributed by atoms with Gasteiger partial charge in [0.2, 0.25) is 5.75 Å². The van der Waals surface area contributed by atoms with Crippen molar-refractivity contribution in [1.82, 2.24) is 4.98 Å². The second kappa shape index (κ2) is 8.14. The average molecular weight is 399 g/mol. The lowest BCUT2D eigenvalue weighted by atomic mass is 9.99. The van der Waals surface area contributed by atoms with E-state index in [-0.39, 0.29) is 40.7 Å². The van der Waals surface area contributed by atoms with Crippen molar-refractivity contribution in [3.63, 3.8) is 0 Å². The zero-order valence-electron chi connectivity index (χ0n) is 16.5. The van der Waals surface area contributed by atoms with Crippen LogP contribution in [-0.4, -0.2) is 49.8 Å². The second-order valence-corrected chi connectivity index (χ2v) is 6.07. The summed E-state index contributed by atoms with van der Waals surface area (Å²) in [6.45, 7) is 1.84. The molecule has 3 aromatic rings. The van der Waals surface area contributed by atoms with Gasteiger partial charge in [0.15, 0.2) is 17.3 Å². The first-order valence-corrected chi connectivity index (χ1v) is 8.81. The first-order chi connectivity index (χ1) is 13.9. The van der Waals surface area contributed by atoms with Crippen molar-refractivity contribution in [2.45, 2.75) is 6.92 Å². The Morgan fingerprint density at radius 1 is 1.00 bits per heavy atom. The van der Waals surface area contributed by atoms with Gasteiger partial charge in [0, 0.05) is 16.5 Å². The molecule has 0 spiro atoms. The molecule has 0 aliphatic heterocycles. The Morgan fingerprint density at radius 3 is 2.21 bits per heavy atom. The zero-order chi connectivity index (χ0) is 21.1. The number of nitrogens with one attached hydrogen (secondary N) is 1. The van der Waals surface area contributed by atoms with Crippen LogP contribution in [0.5, 0.6) is 23.0 Å². The number of aromatic nitrogens is 1. The van der Waals surface area contributed by atoms with Crippen LogP contribution in [0.25, 0.3) is 10.9 Å². The van der Waals surface area contributed by atoms with Gasteiger partial charge in [-0.05, 0) is 37.3 Å². The highest BCUT2D eigenvalue weighted by Crippen LogP contribution is 2.38. The Morgan fingerprint density at radius 2 is 1.66 bits per heavy atom. The number of fused-ring (bicyclic) bond motifs is 1. The molecule has 0 fully saturated rings. The monoisotopic (exact) mass is 399 g/mol. The molecule has 1 aromatic heterocycles. The number of carbonyl (C=O) groups is 2. The third-order valence-corrected chi connectivity index (χ3v) is 4.45. The third kappa shape index (κ3) is 3.56. The van der Waals surface area contributed by atoms with E-state index in [9.17, 15) is 14.7 Å². The molecule has 0 aliphatic rings. The molecule has 3 rings (SSSR count). The van der Waals surface area contributed by atoms with Gasteiger partial charge in [-0.1, -0.05) is 0 Å². The predicted molar refractivity (Wildman–Crippen MR) is 105 cm³/mol. The number of rotatable bonds is 7. The lowest BCUT2D eigenvalue weighted by Crippen LogP contribution is -2.12. The van der Waals surface area contributed by atoms with Crippen LogP contribution in [0.15, 0.2) is 30.3 Å². The van der Waals surface area contributed by atoms with Gasteiger partial charge in [0.05, 0.1) is 33.5 Å². The summed E-state index contributed by atoms with van der Waals surface area (Å²) in [5.74, 6) is -0.668. The van der Waals surface area contributed by atoms with Gasteiger partial charge in [-0.3, -0.25) is 4.79 Å². The van der Waals surface area contributed by atoms with E-state index in [4.69, 9.17) is 18.9 Å². The van der Waals surface area contributed by atoms with Crippen molar-refractivity contribution in [2.24, 2.45) is 0 Å². The molecule has 0 saturated heterocycles. The fourth-order valence-electron chi connectivity index (χ4n) is 3.06. The molecule has 0 radical (unpaired) electrons. The van der Waals surface area contributed by atoms with Crippen LogP contribution >= 0.6 is 0 Å². The van der Waals surface area contributed by atoms with Crippen molar-refractivity contribution < 1.29 is 33.6 Å². The van der Waals surface area contributed by atoms with Gasteiger partial charge in [-0.25, -0.2) is 4.79 Å². The number of benzene rings is 2. The topological polar surface area (TPSA) is 107 Å². The van der Waals surface area contributed by atoms with E-state index in [1.807, 2.05) is 0 Å². The fraction of sp³-hybridized carbons (Fsp3) is 0.238. The van der Waals surface area contributed by atoms with Gasteiger partial charge in [0.25, 0.3) is 0 Å². The van der Waals surface area contributed by atoms with Gasteiger partial charge >= 0.3 is 5.97 Å². The van der Waals surface area contributed by atoms with Crippen LogP contribution < -0.4 is 14.2 Å². The van der Waals surface area contributed by atoms with E-state index in [0.29, 0.717) is 16.7 Å².